The molecule has 2 bridgehead atoms. The summed E-state index contributed by atoms with van der Waals surface area (Å²) in [6, 6.07) is 3.46. The van der Waals surface area contributed by atoms with Gasteiger partial charge in [-0.3, -0.25) is 9.59 Å². The lowest BCUT2D eigenvalue weighted by molar-refractivity contribution is -0.950. The maximum absolute atomic E-state index is 12.6. The monoisotopic (exact) mass is 420 g/mol. The van der Waals surface area contributed by atoms with Gasteiger partial charge in [0.2, 0.25) is 0 Å². The molecule has 1 aromatic carbocycles. The number of ketones is 1. The molecule has 0 aromatic heterocycles. The fourth-order valence-corrected chi connectivity index (χ4v) is 6.73. The Bertz CT molecular complexity index is 901. The zero-order valence-electron chi connectivity index (χ0n) is 16.8. The number of Topliss-reactive ketones (excluding diaryl/α,β-unsaturated/α-hetero) is 1. The first-order valence-corrected chi connectivity index (χ1v) is 10.4. The number of carbonyl (C=O) groups is 2. The molecule has 1 aromatic rings. The second-order valence-corrected chi connectivity index (χ2v) is 9.88. The normalized spacial score (nSPS) is 37.9. The van der Waals surface area contributed by atoms with Crippen molar-refractivity contribution in [2.24, 2.45) is 11.7 Å². The van der Waals surface area contributed by atoms with E-state index < -0.39 is 16.9 Å². The third-order valence-corrected chi connectivity index (χ3v) is 8.26. The number of nitrogens with zero attached hydrogens (tertiary/aromatic N) is 1. The van der Waals surface area contributed by atoms with Crippen molar-refractivity contribution in [3.63, 3.8) is 0 Å². The molecule has 4 N–H and O–H groups in total. The number of aromatic hydroxyl groups is 1. The summed E-state index contributed by atoms with van der Waals surface area (Å²) in [5.41, 5.74) is 5.23. The van der Waals surface area contributed by atoms with Gasteiger partial charge in [0.25, 0.3) is 5.91 Å². The lowest BCUT2D eigenvalue weighted by Gasteiger charge is -2.65. The SMILES string of the molecule is C[N@+]1(CC2CC2)CC[C@]23CC(=O)CC[C@@]2(O)C1Cc1ccc(C(N)=O)c(O)c13.[Cl-]. The second-order valence-electron chi connectivity index (χ2n) is 9.88. The van der Waals surface area contributed by atoms with Crippen molar-refractivity contribution < 1.29 is 36.7 Å². The zero-order valence-corrected chi connectivity index (χ0v) is 17.5. The number of fused-ring (bicyclic) bond motifs is 1. The van der Waals surface area contributed by atoms with Crippen LogP contribution in [0.15, 0.2) is 12.1 Å². The summed E-state index contributed by atoms with van der Waals surface area (Å²) in [4.78, 5) is 24.4. The number of nitrogens with two attached hydrogens (primary N) is 1. The van der Waals surface area contributed by atoms with Gasteiger partial charge >= 0.3 is 0 Å². The average Bonchev–Trinajstić information content (AvgIpc) is 3.43. The Morgan fingerprint density at radius 3 is 2.69 bits per heavy atom. The molecule has 7 heteroatoms. The van der Waals surface area contributed by atoms with Gasteiger partial charge in [0.1, 0.15) is 23.2 Å². The first-order valence-electron chi connectivity index (χ1n) is 10.4. The number of hydrogen-bond acceptors (Lipinski definition) is 4. The minimum absolute atomic E-state index is 0. The smallest absolute Gasteiger partial charge is 0.252 e. The van der Waals surface area contributed by atoms with Gasteiger partial charge in [-0.1, -0.05) is 6.07 Å². The summed E-state index contributed by atoms with van der Waals surface area (Å²) in [6.07, 6.45) is 4.85. The first kappa shape index (κ1) is 20.6. The topological polar surface area (TPSA) is 101 Å². The van der Waals surface area contributed by atoms with Gasteiger partial charge in [-0.25, -0.2) is 0 Å². The van der Waals surface area contributed by atoms with Crippen LogP contribution in [0.5, 0.6) is 5.75 Å². The summed E-state index contributed by atoms with van der Waals surface area (Å²) >= 11 is 0. The minimum Gasteiger partial charge on any atom is -1.00 e. The van der Waals surface area contributed by atoms with Crippen molar-refractivity contribution >= 4 is 11.7 Å². The van der Waals surface area contributed by atoms with Crippen LogP contribution in [0.1, 0.15) is 60.0 Å². The predicted octanol–water partition coefficient (Wildman–Crippen LogP) is -1.60. The summed E-state index contributed by atoms with van der Waals surface area (Å²) in [7, 11) is 2.25. The third kappa shape index (κ3) is 2.69. The molecule has 158 valence electrons. The Kier molecular flexibility index (Phi) is 4.58. The van der Waals surface area contributed by atoms with E-state index in [1.807, 2.05) is 6.07 Å². The van der Waals surface area contributed by atoms with Crippen molar-refractivity contribution in [1.29, 1.82) is 0 Å². The zero-order chi connectivity index (χ0) is 19.9. The van der Waals surface area contributed by atoms with E-state index in [4.69, 9.17) is 5.73 Å². The first-order chi connectivity index (χ1) is 13.2. The molecule has 4 aliphatic rings. The quantitative estimate of drug-likeness (QED) is 0.513. The number of carbonyl (C=O) groups excluding carboxylic acids is 2. The predicted molar refractivity (Wildman–Crippen MR) is 103 cm³/mol. The van der Waals surface area contributed by atoms with Crippen LogP contribution in [-0.2, 0) is 16.6 Å². The molecular weight excluding hydrogens is 392 g/mol. The average molecular weight is 421 g/mol. The standard InChI is InChI=1S/C22H28N2O4.ClH/c1-24(12-13-2-3-13)9-8-21-11-15(25)6-7-22(21,28)17(24)10-14-4-5-16(20(23)27)19(26)18(14)21;/h4-5,13,17,28H,2-3,6-12H2,1H3,(H2-,23,26,27);1H/t17?,21-,22-,24-;/m1./s1. The van der Waals surface area contributed by atoms with Crippen LogP contribution < -0.4 is 18.1 Å². The number of benzene rings is 1. The van der Waals surface area contributed by atoms with E-state index in [0.717, 1.165) is 29.1 Å². The van der Waals surface area contributed by atoms with Crippen LogP contribution in [0.25, 0.3) is 0 Å². The van der Waals surface area contributed by atoms with E-state index in [0.29, 0.717) is 31.2 Å². The molecular formula is C22H29ClN2O4. The highest BCUT2D eigenvalue weighted by Gasteiger charge is 2.70. The van der Waals surface area contributed by atoms with Crippen molar-refractivity contribution in [3.8, 4) is 5.75 Å². The van der Waals surface area contributed by atoms with Crippen molar-refractivity contribution in [2.45, 2.75) is 62.0 Å². The maximum Gasteiger partial charge on any atom is 0.252 e. The lowest BCUT2D eigenvalue weighted by Crippen LogP contribution is -3.00. The fraction of sp³-hybridized carbons (Fsp3) is 0.636. The molecule has 4 atom stereocenters. The van der Waals surface area contributed by atoms with E-state index in [1.54, 1.807) is 6.07 Å². The molecule has 0 spiro atoms. The van der Waals surface area contributed by atoms with Gasteiger partial charge in [-0.2, -0.15) is 0 Å². The van der Waals surface area contributed by atoms with Gasteiger partial charge in [0.15, 0.2) is 0 Å². The molecule has 1 saturated heterocycles. The van der Waals surface area contributed by atoms with Gasteiger partial charge in [-0.15, -0.1) is 0 Å². The second kappa shape index (κ2) is 6.43. The Morgan fingerprint density at radius 2 is 2.03 bits per heavy atom. The number of likely N-dealkylation sites (tertiary alicyclic amines) is 1. The van der Waals surface area contributed by atoms with E-state index in [2.05, 4.69) is 7.05 Å². The summed E-state index contributed by atoms with van der Waals surface area (Å²) in [6.45, 7) is 1.94. The molecule has 0 radical (unpaired) electrons. The van der Waals surface area contributed by atoms with Crippen LogP contribution in [0.2, 0.25) is 0 Å². The van der Waals surface area contributed by atoms with Gasteiger partial charge in [0.05, 0.1) is 25.7 Å². The molecule has 1 aliphatic heterocycles. The molecule has 3 fully saturated rings. The van der Waals surface area contributed by atoms with Crippen LogP contribution in [0.3, 0.4) is 0 Å². The van der Waals surface area contributed by atoms with Crippen LogP contribution in [-0.4, -0.2) is 58.2 Å². The highest BCUT2D eigenvalue weighted by Crippen LogP contribution is 2.61. The summed E-state index contributed by atoms with van der Waals surface area (Å²) in [5, 5.41) is 23.2. The van der Waals surface area contributed by atoms with Gasteiger partial charge in [0, 0.05) is 42.6 Å². The number of quaternary nitrogens is 1. The number of rotatable bonds is 3. The molecule has 1 heterocycles. The Morgan fingerprint density at radius 1 is 1.31 bits per heavy atom. The summed E-state index contributed by atoms with van der Waals surface area (Å²) in [5.74, 6) is 0.0429. The highest BCUT2D eigenvalue weighted by molar-refractivity contribution is 5.96. The van der Waals surface area contributed by atoms with Crippen LogP contribution in [0.4, 0.5) is 0 Å². The number of primary amides is 1. The molecule has 6 nitrogen and oxygen atoms in total. The van der Waals surface area contributed by atoms with Gasteiger partial charge in [-0.05, 0) is 30.9 Å². The maximum atomic E-state index is 12.6. The van der Waals surface area contributed by atoms with E-state index in [1.165, 1.54) is 12.8 Å². The molecule has 2 saturated carbocycles. The number of phenols is 1. The van der Waals surface area contributed by atoms with E-state index in [9.17, 15) is 19.8 Å². The number of aliphatic hydroxyl groups is 1. The van der Waals surface area contributed by atoms with E-state index in [-0.39, 0.29) is 42.0 Å². The summed E-state index contributed by atoms with van der Waals surface area (Å²) < 4.78 is 0.828. The molecule has 3 aliphatic carbocycles. The van der Waals surface area contributed by atoms with Crippen molar-refractivity contribution in [1.82, 2.24) is 0 Å². The van der Waals surface area contributed by atoms with Crippen molar-refractivity contribution in [3.05, 3.63) is 28.8 Å². The number of likely N-dealkylation sites (N-methyl/N-ethyl adjacent to an activating group) is 1. The van der Waals surface area contributed by atoms with Gasteiger partial charge < -0.3 is 32.8 Å². The van der Waals surface area contributed by atoms with Crippen LogP contribution >= 0.6 is 0 Å². The van der Waals surface area contributed by atoms with E-state index >= 15 is 0 Å². The third-order valence-electron chi connectivity index (χ3n) is 8.26. The molecule has 5 rings (SSSR count). The van der Waals surface area contributed by atoms with Crippen LogP contribution in [0, 0.1) is 5.92 Å². The largest absolute Gasteiger partial charge is 1.00 e. The highest BCUT2D eigenvalue weighted by atomic mass is 35.5. The number of hydrogen-bond donors (Lipinski definition) is 3. The fourth-order valence-electron chi connectivity index (χ4n) is 6.73. The minimum atomic E-state index is -1.05. The number of halogens is 1. The Balaban J connectivity index is 0.00000205. The number of piperidine rings is 1. The Labute approximate surface area is 177 Å². The van der Waals surface area contributed by atoms with Crippen molar-refractivity contribution in [2.75, 3.05) is 20.1 Å². The number of amides is 1. The lowest BCUT2D eigenvalue weighted by atomic mass is 9.48. The molecule has 1 amide bonds. The molecule has 29 heavy (non-hydrogen) atoms. The molecule has 1 unspecified atom stereocenters. The Hall–Kier alpha value is -1.63.